The van der Waals surface area contributed by atoms with Crippen molar-refractivity contribution in [3.05, 3.63) is 59.7 Å². The summed E-state index contributed by atoms with van der Waals surface area (Å²) in [5.41, 5.74) is 10.8. The van der Waals surface area contributed by atoms with Crippen LogP contribution in [0.4, 0.5) is 0 Å². The fourth-order valence-electron chi connectivity index (χ4n) is 5.57. The van der Waals surface area contributed by atoms with Crippen molar-refractivity contribution in [3.63, 3.8) is 0 Å². The number of aromatic nitrogens is 3. The van der Waals surface area contributed by atoms with E-state index < -0.39 is 0 Å². The molecule has 2 aliphatic rings. The number of likely N-dealkylation sites (tertiary alicyclic amines) is 1. The second-order valence-corrected chi connectivity index (χ2v) is 8.92. The van der Waals surface area contributed by atoms with E-state index in [-0.39, 0.29) is 0 Å². The Kier molecular flexibility index (Phi) is 5.82. The molecule has 1 aliphatic carbocycles. The maximum Gasteiger partial charge on any atom is 0.124 e. The Hall–Kier alpha value is -2.24. The molecule has 5 heteroatoms. The van der Waals surface area contributed by atoms with E-state index in [2.05, 4.69) is 45.9 Å². The van der Waals surface area contributed by atoms with E-state index >= 15 is 0 Å². The second-order valence-electron chi connectivity index (χ2n) is 8.92. The standard InChI is InChI=1S/C25H33N5/c26-14-4-1-5-17-30-22-11-3-2-10-21(22)28-23(30)18-29-16-7-9-20-13-12-19-8-6-15-27-24(19)25(20)29/h2-3,6,8,10-11,15,20,25H,1,4-5,7,9,12-14,16-18,26H2. The lowest BCUT2D eigenvalue weighted by molar-refractivity contribution is 0.0664. The zero-order valence-corrected chi connectivity index (χ0v) is 17.8. The van der Waals surface area contributed by atoms with Crippen molar-refractivity contribution in [2.45, 2.75) is 64.1 Å². The highest BCUT2D eigenvalue weighted by Crippen LogP contribution is 2.43. The Morgan fingerprint density at radius 2 is 1.97 bits per heavy atom. The lowest BCUT2D eigenvalue weighted by atomic mass is 9.77. The molecule has 5 nitrogen and oxygen atoms in total. The van der Waals surface area contributed by atoms with Crippen LogP contribution in [0.1, 0.15) is 61.6 Å². The molecule has 1 fully saturated rings. The summed E-state index contributed by atoms with van der Waals surface area (Å²) < 4.78 is 2.46. The summed E-state index contributed by atoms with van der Waals surface area (Å²) in [6.45, 7) is 3.84. The van der Waals surface area contributed by atoms with Gasteiger partial charge in [-0.15, -0.1) is 0 Å². The molecule has 0 bridgehead atoms. The van der Waals surface area contributed by atoms with Gasteiger partial charge in [0.1, 0.15) is 5.82 Å². The maximum atomic E-state index is 5.70. The van der Waals surface area contributed by atoms with Gasteiger partial charge >= 0.3 is 0 Å². The van der Waals surface area contributed by atoms with Crippen molar-refractivity contribution in [2.24, 2.45) is 11.7 Å². The average molecular weight is 404 g/mol. The average Bonchev–Trinajstić information content (AvgIpc) is 3.13. The topological polar surface area (TPSA) is 60.0 Å². The summed E-state index contributed by atoms with van der Waals surface area (Å²) in [4.78, 5) is 12.6. The third kappa shape index (κ3) is 3.77. The second kappa shape index (κ2) is 8.86. The molecule has 30 heavy (non-hydrogen) atoms. The van der Waals surface area contributed by atoms with E-state index in [1.54, 1.807) is 0 Å². The molecule has 1 saturated heterocycles. The van der Waals surface area contributed by atoms with Gasteiger partial charge in [-0.2, -0.15) is 0 Å². The minimum Gasteiger partial charge on any atom is -0.330 e. The van der Waals surface area contributed by atoms with Gasteiger partial charge in [-0.05, 0) is 81.3 Å². The normalized spacial score (nSPS) is 21.5. The van der Waals surface area contributed by atoms with Gasteiger partial charge in [0.05, 0.1) is 29.3 Å². The van der Waals surface area contributed by atoms with Crippen molar-refractivity contribution in [2.75, 3.05) is 13.1 Å². The van der Waals surface area contributed by atoms with Crippen LogP contribution in [-0.4, -0.2) is 32.5 Å². The Morgan fingerprint density at radius 1 is 1.03 bits per heavy atom. The number of hydrogen-bond acceptors (Lipinski definition) is 4. The number of imidazole rings is 1. The summed E-state index contributed by atoms with van der Waals surface area (Å²) in [6.07, 6.45) is 10.5. The Morgan fingerprint density at radius 3 is 2.90 bits per heavy atom. The number of aryl methyl sites for hydroxylation is 2. The largest absolute Gasteiger partial charge is 0.330 e. The van der Waals surface area contributed by atoms with Crippen molar-refractivity contribution in [1.29, 1.82) is 0 Å². The number of nitrogens with two attached hydrogens (primary N) is 1. The smallest absolute Gasteiger partial charge is 0.124 e. The zero-order chi connectivity index (χ0) is 20.3. The lowest BCUT2D eigenvalue weighted by Crippen LogP contribution is -2.41. The Bertz CT molecular complexity index is 994. The van der Waals surface area contributed by atoms with E-state index in [1.807, 2.05) is 6.20 Å². The molecule has 0 saturated carbocycles. The number of rotatable bonds is 7. The van der Waals surface area contributed by atoms with Crippen LogP contribution in [0, 0.1) is 5.92 Å². The van der Waals surface area contributed by atoms with Gasteiger partial charge in [0.2, 0.25) is 0 Å². The highest BCUT2D eigenvalue weighted by Gasteiger charge is 2.38. The fourth-order valence-corrected chi connectivity index (χ4v) is 5.57. The highest BCUT2D eigenvalue weighted by molar-refractivity contribution is 5.75. The molecule has 3 aromatic rings. The number of hydrogen-bond donors (Lipinski definition) is 1. The first kappa shape index (κ1) is 19.7. The number of pyridine rings is 1. The van der Waals surface area contributed by atoms with Crippen molar-refractivity contribution >= 4 is 11.0 Å². The quantitative estimate of drug-likeness (QED) is 0.592. The molecule has 2 aromatic heterocycles. The molecule has 2 unspecified atom stereocenters. The summed E-state index contributed by atoms with van der Waals surface area (Å²) >= 11 is 0. The molecular weight excluding hydrogens is 370 g/mol. The zero-order valence-electron chi connectivity index (χ0n) is 17.8. The molecule has 1 aliphatic heterocycles. The third-order valence-corrected chi connectivity index (χ3v) is 7.01. The molecule has 5 rings (SSSR count). The molecular formula is C25H33N5. The summed E-state index contributed by atoms with van der Waals surface area (Å²) in [6, 6.07) is 13.4. The number of benzene rings is 1. The van der Waals surface area contributed by atoms with Gasteiger partial charge in [-0.25, -0.2) is 4.98 Å². The van der Waals surface area contributed by atoms with Crippen LogP contribution in [0.25, 0.3) is 11.0 Å². The van der Waals surface area contributed by atoms with Gasteiger partial charge < -0.3 is 10.3 Å². The predicted molar refractivity (Wildman–Crippen MR) is 121 cm³/mol. The van der Waals surface area contributed by atoms with Gasteiger partial charge in [0.15, 0.2) is 0 Å². The number of fused-ring (bicyclic) bond motifs is 4. The lowest BCUT2D eigenvalue weighted by Gasteiger charge is -2.44. The van der Waals surface area contributed by atoms with E-state index in [9.17, 15) is 0 Å². The van der Waals surface area contributed by atoms with Crippen molar-refractivity contribution in [3.8, 4) is 0 Å². The maximum absolute atomic E-state index is 5.70. The monoisotopic (exact) mass is 403 g/mol. The minimum atomic E-state index is 0.439. The SMILES string of the molecule is NCCCCCn1c(CN2CCCC3CCc4cccnc4C32)nc2ccccc21. The van der Waals surface area contributed by atoms with E-state index in [0.29, 0.717) is 6.04 Å². The number of para-hydroxylation sites is 2. The summed E-state index contributed by atoms with van der Waals surface area (Å²) in [5, 5.41) is 0. The molecule has 2 atom stereocenters. The number of unbranched alkanes of at least 4 members (excludes halogenated alkanes) is 2. The van der Waals surface area contributed by atoms with Crippen LogP contribution in [0.3, 0.4) is 0 Å². The minimum absolute atomic E-state index is 0.439. The van der Waals surface area contributed by atoms with Crippen LogP contribution in [0.15, 0.2) is 42.6 Å². The highest BCUT2D eigenvalue weighted by atomic mass is 15.2. The fraction of sp³-hybridized carbons (Fsp3) is 0.520. The predicted octanol–water partition coefficient (Wildman–Crippen LogP) is 4.46. The van der Waals surface area contributed by atoms with E-state index in [0.717, 1.165) is 50.5 Å². The van der Waals surface area contributed by atoms with Crippen molar-refractivity contribution < 1.29 is 0 Å². The van der Waals surface area contributed by atoms with Crippen LogP contribution in [-0.2, 0) is 19.5 Å². The van der Waals surface area contributed by atoms with Gasteiger partial charge in [0, 0.05) is 12.7 Å². The van der Waals surface area contributed by atoms with E-state index in [4.69, 9.17) is 15.7 Å². The molecule has 2 N–H and O–H groups in total. The van der Waals surface area contributed by atoms with Gasteiger partial charge in [-0.1, -0.05) is 24.6 Å². The number of nitrogens with zero attached hydrogens (tertiary/aromatic N) is 4. The van der Waals surface area contributed by atoms with Crippen molar-refractivity contribution in [1.82, 2.24) is 19.4 Å². The van der Waals surface area contributed by atoms with E-state index in [1.165, 1.54) is 54.7 Å². The molecule has 1 aromatic carbocycles. The Labute approximate surface area is 179 Å². The first-order valence-electron chi connectivity index (χ1n) is 11.7. The van der Waals surface area contributed by atoms with Crippen LogP contribution in [0.5, 0.6) is 0 Å². The van der Waals surface area contributed by atoms with Gasteiger partial charge in [0.25, 0.3) is 0 Å². The summed E-state index contributed by atoms with van der Waals surface area (Å²) in [7, 11) is 0. The third-order valence-electron chi connectivity index (χ3n) is 7.01. The molecule has 0 spiro atoms. The molecule has 0 amide bonds. The molecule has 3 heterocycles. The van der Waals surface area contributed by atoms with Crippen LogP contribution >= 0.6 is 0 Å². The molecule has 0 radical (unpaired) electrons. The Balaban J connectivity index is 1.45. The summed E-state index contributed by atoms with van der Waals surface area (Å²) in [5.74, 6) is 1.93. The number of piperidine rings is 1. The first-order valence-corrected chi connectivity index (χ1v) is 11.7. The van der Waals surface area contributed by atoms with Gasteiger partial charge in [-0.3, -0.25) is 9.88 Å². The van der Waals surface area contributed by atoms with Crippen LogP contribution < -0.4 is 5.73 Å². The van der Waals surface area contributed by atoms with Crippen LogP contribution in [0.2, 0.25) is 0 Å². The first-order chi connectivity index (χ1) is 14.8. The molecule has 158 valence electrons.